The lowest BCUT2D eigenvalue weighted by molar-refractivity contribution is -0.105. The molecule has 168 valence electrons. The molecule has 0 saturated carbocycles. The lowest BCUT2D eigenvalue weighted by Crippen LogP contribution is -1.73. The molecule has 0 saturated heterocycles. The molecule has 0 rings (SSSR count). The highest BCUT2D eigenvalue weighted by Crippen LogP contribution is 2.03. The van der Waals surface area contributed by atoms with Crippen LogP contribution in [0.2, 0.25) is 0 Å². The summed E-state index contributed by atoms with van der Waals surface area (Å²) in [6.07, 6.45) is 33.3. The minimum absolute atomic E-state index is 0.703. The maximum absolute atomic E-state index is 10.5. The maximum Gasteiger partial charge on any atom is 0.145 e. The fourth-order valence-electron chi connectivity index (χ4n) is 2.12. The summed E-state index contributed by atoms with van der Waals surface area (Å²) in [6.45, 7) is 11.7. The molecule has 0 unspecified atom stereocenters. The summed E-state index contributed by atoms with van der Waals surface area (Å²) in [5.74, 6) is 0. The molecule has 0 atom stereocenters. The third-order valence-corrected chi connectivity index (χ3v) is 4.07. The van der Waals surface area contributed by atoms with E-state index in [4.69, 9.17) is 0 Å². The van der Waals surface area contributed by atoms with E-state index in [1.165, 1.54) is 0 Å². The fraction of sp³-hybridized carbons (Fsp3) is 0.200. The van der Waals surface area contributed by atoms with Crippen LogP contribution in [0.25, 0.3) is 0 Å². The zero-order chi connectivity index (χ0) is 24.2. The van der Waals surface area contributed by atoms with Crippen LogP contribution in [-0.2, 0) is 9.59 Å². The van der Waals surface area contributed by atoms with Crippen LogP contribution in [0.1, 0.15) is 41.5 Å². The van der Waals surface area contributed by atoms with Crippen LogP contribution < -0.4 is 0 Å². The Hall–Kier alpha value is -3.52. The predicted octanol–water partition coefficient (Wildman–Crippen LogP) is 7.84. The van der Waals surface area contributed by atoms with E-state index >= 15 is 0 Å². The van der Waals surface area contributed by atoms with Gasteiger partial charge in [0.1, 0.15) is 12.6 Å². The average Bonchev–Trinajstić information content (AvgIpc) is 2.76. The Morgan fingerprint density at radius 3 is 0.812 bits per heavy atom. The second-order valence-corrected chi connectivity index (χ2v) is 7.52. The third-order valence-electron chi connectivity index (χ3n) is 4.07. The summed E-state index contributed by atoms with van der Waals surface area (Å²) >= 11 is 0. The number of hydrogen-bond donors (Lipinski definition) is 0. The molecule has 2 nitrogen and oxygen atoms in total. The van der Waals surface area contributed by atoms with Crippen LogP contribution in [0.4, 0.5) is 0 Å². The molecule has 0 aromatic rings. The zero-order valence-corrected chi connectivity index (χ0v) is 20.2. The molecular formula is C30H36O2. The molecular weight excluding hydrogens is 392 g/mol. The highest BCUT2D eigenvalue weighted by atomic mass is 16.1. The predicted molar refractivity (Wildman–Crippen MR) is 140 cm³/mol. The van der Waals surface area contributed by atoms with Crippen molar-refractivity contribution in [2.75, 3.05) is 0 Å². The Morgan fingerprint density at radius 1 is 0.344 bits per heavy atom. The Labute approximate surface area is 194 Å². The van der Waals surface area contributed by atoms with E-state index in [2.05, 4.69) is 38.2 Å². The number of rotatable bonds is 12. The molecule has 0 fully saturated rings. The van der Waals surface area contributed by atoms with E-state index in [-0.39, 0.29) is 0 Å². The van der Waals surface area contributed by atoms with E-state index in [0.29, 0.717) is 11.1 Å². The van der Waals surface area contributed by atoms with Crippen molar-refractivity contribution in [2.24, 2.45) is 0 Å². The normalized spacial score (nSPS) is 15.9. The molecule has 0 aromatic heterocycles. The lowest BCUT2D eigenvalue weighted by Gasteiger charge is -1.91. The number of carbonyl (C=O) groups is 2. The molecule has 2 heteroatoms. The molecule has 0 aliphatic carbocycles. The van der Waals surface area contributed by atoms with Gasteiger partial charge in [-0.3, -0.25) is 9.59 Å². The summed E-state index contributed by atoms with van der Waals surface area (Å²) in [6, 6.07) is 0. The van der Waals surface area contributed by atoms with Crippen molar-refractivity contribution in [1.29, 1.82) is 0 Å². The summed E-state index contributed by atoms with van der Waals surface area (Å²) in [4.78, 5) is 21.1. The Morgan fingerprint density at radius 2 is 0.562 bits per heavy atom. The summed E-state index contributed by atoms with van der Waals surface area (Å²) < 4.78 is 0. The molecule has 0 radical (unpaired) electrons. The van der Waals surface area contributed by atoms with Crippen molar-refractivity contribution < 1.29 is 9.59 Å². The van der Waals surface area contributed by atoms with E-state index < -0.39 is 0 Å². The van der Waals surface area contributed by atoms with Crippen molar-refractivity contribution >= 4 is 12.6 Å². The molecule has 0 spiro atoms. The molecule has 0 N–H and O–H groups in total. The second kappa shape index (κ2) is 18.3. The molecule has 0 aliphatic rings. The van der Waals surface area contributed by atoms with Crippen LogP contribution in [0, 0.1) is 0 Å². The SMILES string of the molecule is CC(C=O)=CC=CC(C)=CC=CC(C)=CC=CC=C(C)C=CC=C(C)C=CC=C(C)C=O. The van der Waals surface area contributed by atoms with Crippen LogP contribution in [-0.4, -0.2) is 12.6 Å². The first-order valence-corrected chi connectivity index (χ1v) is 10.6. The molecule has 0 bridgehead atoms. The standard InChI is InChI=1S/C30H36O2/c1-25(15-9-17-27(3)19-11-21-29(5)23-31)13-7-8-14-26(2)16-10-18-28(4)20-12-22-30(6)24-32/h7-24H,1-6H3. The smallest absolute Gasteiger partial charge is 0.145 e. The summed E-state index contributed by atoms with van der Waals surface area (Å²) in [5.41, 5.74) is 5.92. The molecule has 0 amide bonds. The van der Waals surface area contributed by atoms with Gasteiger partial charge in [0.15, 0.2) is 0 Å². The van der Waals surface area contributed by atoms with Gasteiger partial charge >= 0.3 is 0 Å². The van der Waals surface area contributed by atoms with Gasteiger partial charge in [-0.2, -0.15) is 0 Å². The van der Waals surface area contributed by atoms with Crippen LogP contribution in [0.3, 0.4) is 0 Å². The van der Waals surface area contributed by atoms with Crippen LogP contribution in [0.15, 0.2) is 131 Å². The molecule has 0 aromatic carbocycles. The highest BCUT2D eigenvalue weighted by molar-refractivity contribution is 5.73. The first-order valence-electron chi connectivity index (χ1n) is 10.6. The zero-order valence-electron chi connectivity index (χ0n) is 20.2. The van der Waals surface area contributed by atoms with E-state index in [9.17, 15) is 9.59 Å². The van der Waals surface area contributed by atoms with Crippen molar-refractivity contribution in [3.63, 3.8) is 0 Å². The lowest BCUT2D eigenvalue weighted by atomic mass is 10.2. The molecule has 32 heavy (non-hydrogen) atoms. The van der Waals surface area contributed by atoms with E-state index in [1.54, 1.807) is 26.0 Å². The quantitative estimate of drug-likeness (QED) is 0.180. The van der Waals surface area contributed by atoms with E-state index in [1.807, 2.05) is 74.6 Å². The van der Waals surface area contributed by atoms with Gasteiger partial charge in [0.05, 0.1) is 0 Å². The summed E-state index contributed by atoms with van der Waals surface area (Å²) in [7, 11) is 0. The van der Waals surface area contributed by atoms with Gasteiger partial charge in [-0.25, -0.2) is 0 Å². The monoisotopic (exact) mass is 428 g/mol. The van der Waals surface area contributed by atoms with Gasteiger partial charge in [-0.15, -0.1) is 0 Å². The number of allylic oxidation sites excluding steroid dienone is 22. The van der Waals surface area contributed by atoms with Gasteiger partial charge in [-0.05, 0) is 52.7 Å². The second-order valence-electron chi connectivity index (χ2n) is 7.52. The van der Waals surface area contributed by atoms with Crippen molar-refractivity contribution in [2.45, 2.75) is 41.5 Å². The van der Waals surface area contributed by atoms with Gasteiger partial charge in [0.25, 0.3) is 0 Å². The Balaban J connectivity index is 4.73. The first-order chi connectivity index (χ1) is 15.3. The minimum atomic E-state index is 0.703. The first kappa shape index (κ1) is 28.5. The van der Waals surface area contributed by atoms with Crippen molar-refractivity contribution in [3.8, 4) is 0 Å². The summed E-state index contributed by atoms with van der Waals surface area (Å²) in [5, 5.41) is 0. The van der Waals surface area contributed by atoms with Crippen molar-refractivity contribution in [1.82, 2.24) is 0 Å². The van der Waals surface area contributed by atoms with E-state index in [0.717, 1.165) is 34.9 Å². The topological polar surface area (TPSA) is 34.1 Å². The Bertz CT molecular complexity index is 869. The van der Waals surface area contributed by atoms with Gasteiger partial charge in [-0.1, -0.05) is 120 Å². The van der Waals surface area contributed by atoms with Gasteiger partial charge < -0.3 is 0 Å². The van der Waals surface area contributed by atoms with Crippen LogP contribution in [0.5, 0.6) is 0 Å². The minimum Gasteiger partial charge on any atom is -0.298 e. The van der Waals surface area contributed by atoms with Crippen LogP contribution >= 0.6 is 0 Å². The fourth-order valence-corrected chi connectivity index (χ4v) is 2.12. The maximum atomic E-state index is 10.5. The molecule has 0 heterocycles. The van der Waals surface area contributed by atoms with Gasteiger partial charge in [0.2, 0.25) is 0 Å². The largest absolute Gasteiger partial charge is 0.298 e. The average molecular weight is 429 g/mol. The van der Waals surface area contributed by atoms with Gasteiger partial charge in [0, 0.05) is 0 Å². The number of hydrogen-bond acceptors (Lipinski definition) is 2. The number of carbonyl (C=O) groups excluding carboxylic acids is 2. The highest BCUT2D eigenvalue weighted by Gasteiger charge is 1.83. The number of aldehydes is 2. The molecule has 0 aliphatic heterocycles. The van der Waals surface area contributed by atoms with Crippen molar-refractivity contribution in [3.05, 3.63) is 131 Å². The third kappa shape index (κ3) is 17.3. The Kier molecular flexibility index (Phi) is 16.3.